The minimum atomic E-state index is 0.847. The summed E-state index contributed by atoms with van der Waals surface area (Å²) < 4.78 is 0. The zero-order valence-corrected chi connectivity index (χ0v) is 6.89. The van der Waals surface area contributed by atoms with Crippen molar-refractivity contribution in [2.45, 2.75) is 39.8 Å². The summed E-state index contributed by atoms with van der Waals surface area (Å²) in [6, 6.07) is 1.74. The molecule has 0 spiro atoms. The molecule has 1 aliphatic heterocycles. The van der Waals surface area contributed by atoms with Crippen molar-refractivity contribution >= 4 is 0 Å². The van der Waals surface area contributed by atoms with Crippen LogP contribution in [0.5, 0.6) is 0 Å². The van der Waals surface area contributed by atoms with E-state index in [-0.39, 0.29) is 0 Å². The standard InChI is InChI=1S/C8H17N/c1-5-9-7(4)8(9)6(2)3/h6-8H,5H2,1-4H3/t7-,8-,9?/m1/s1. The second-order valence-electron chi connectivity index (χ2n) is 3.31. The Labute approximate surface area is 58.0 Å². The van der Waals surface area contributed by atoms with E-state index in [0.717, 1.165) is 18.0 Å². The molecule has 1 fully saturated rings. The average Bonchev–Trinajstić information content (AvgIpc) is 2.40. The quantitative estimate of drug-likeness (QED) is 0.510. The Balaban J connectivity index is 2.33. The van der Waals surface area contributed by atoms with E-state index < -0.39 is 0 Å². The molecule has 0 aromatic carbocycles. The van der Waals surface area contributed by atoms with Gasteiger partial charge in [0.15, 0.2) is 0 Å². The lowest BCUT2D eigenvalue weighted by Gasteiger charge is -2.00. The van der Waals surface area contributed by atoms with E-state index in [9.17, 15) is 0 Å². The minimum absolute atomic E-state index is 0.847. The number of hydrogen-bond donors (Lipinski definition) is 0. The molecular formula is C8H17N. The number of hydrogen-bond acceptors (Lipinski definition) is 1. The molecule has 0 amide bonds. The molecule has 1 heterocycles. The highest BCUT2D eigenvalue weighted by Crippen LogP contribution is 2.32. The molecule has 0 aromatic heterocycles. The van der Waals surface area contributed by atoms with Crippen LogP contribution in [0.4, 0.5) is 0 Å². The maximum absolute atomic E-state index is 2.53. The largest absolute Gasteiger partial charge is 0.295 e. The predicted molar refractivity (Wildman–Crippen MR) is 40.5 cm³/mol. The van der Waals surface area contributed by atoms with E-state index >= 15 is 0 Å². The Kier molecular flexibility index (Phi) is 1.80. The summed E-state index contributed by atoms with van der Waals surface area (Å²) >= 11 is 0. The van der Waals surface area contributed by atoms with Crippen molar-refractivity contribution in [1.82, 2.24) is 4.90 Å². The van der Waals surface area contributed by atoms with Crippen molar-refractivity contribution in [3.8, 4) is 0 Å². The van der Waals surface area contributed by atoms with Crippen LogP contribution in [0.25, 0.3) is 0 Å². The fourth-order valence-corrected chi connectivity index (χ4v) is 1.87. The maximum atomic E-state index is 2.53. The molecule has 0 aromatic rings. The fraction of sp³-hybridized carbons (Fsp3) is 1.00. The lowest BCUT2D eigenvalue weighted by Crippen LogP contribution is -2.06. The second kappa shape index (κ2) is 2.30. The zero-order valence-electron chi connectivity index (χ0n) is 6.89. The molecule has 1 heteroatoms. The maximum Gasteiger partial charge on any atom is 0.0275 e. The molecule has 1 aliphatic rings. The Morgan fingerprint density at radius 2 is 2.00 bits per heavy atom. The van der Waals surface area contributed by atoms with Crippen LogP contribution < -0.4 is 0 Å². The third-order valence-electron chi connectivity index (χ3n) is 2.36. The van der Waals surface area contributed by atoms with Crippen LogP contribution >= 0.6 is 0 Å². The normalized spacial score (nSPS) is 41.7. The van der Waals surface area contributed by atoms with Gasteiger partial charge in [-0.1, -0.05) is 20.8 Å². The Bertz CT molecular complexity index is 98.7. The van der Waals surface area contributed by atoms with Gasteiger partial charge in [0.1, 0.15) is 0 Å². The Morgan fingerprint density at radius 3 is 2.11 bits per heavy atom. The van der Waals surface area contributed by atoms with Gasteiger partial charge >= 0.3 is 0 Å². The van der Waals surface area contributed by atoms with Crippen LogP contribution in [-0.2, 0) is 0 Å². The van der Waals surface area contributed by atoms with Crippen LogP contribution in [0, 0.1) is 5.92 Å². The van der Waals surface area contributed by atoms with Crippen molar-refractivity contribution in [3.05, 3.63) is 0 Å². The molecule has 0 bridgehead atoms. The van der Waals surface area contributed by atoms with Gasteiger partial charge in [-0.25, -0.2) is 0 Å². The SMILES string of the molecule is CCN1[C@H](C)[C@H]1C(C)C. The Morgan fingerprint density at radius 1 is 1.44 bits per heavy atom. The molecule has 0 radical (unpaired) electrons. The van der Waals surface area contributed by atoms with Crippen molar-refractivity contribution in [1.29, 1.82) is 0 Å². The first kappa shape index (κ1) is 7.07. The average molecular weight is 127 g/mol. The summed E-state index contributed by atoms with van der Waals surface area (Å²) in [6.45, 7) is 10.4. The van der Waals surface area contributed by atoms with Gasteiger partial charge in [-0.15, -0.1) is 0 Å². The number of likely N-dealkylation sites (N-methyl/N-ethyl adjacent to an activating group) is 1. The summed E-state index contributed by atoms with van der Waals surface area (Å²) in [5.41, 5.74) is 0. The van der Waals surface area contributed by atoms with Gasteiger partial charge in [-0.3, -0.25) is 4.90 Å². The van der Waals surface area contributed by atoms with Gasteiger partial charge < -0.3 is 0 Å². The van der Waals surface area contributed by atoms with Gasteiger partial charge in [-0.2, -0.15) is 0 Å². The Hall–Kier alpha value is -0.0400. The zero-order chi connectivity index (χ0) is 7.02. The first-order chi connectivity index (χ1) is 4.18. The van der Waals surface area contributed by atoms with Crippen LogP contribution in [0.1, 0.15) is 27.7 Å². The van der Waals surface area contributed by atoms with Crippen molar-refractivity contribution in [2.24, 2.45) is 5.92 Å². The third-order valence-corrected chi connectivity index (χ3v) is 2.36. The van der Waals surface area contributed by atoms with Crippen LogP contribution in [0.3, 0.4) is 0 Å². The molecule has 0 N–H and O–H groups in total. The smallest absolute Gasteiger partial charge is 0.0275 e. The first-order valence-electron chi connectivity index (χ1n) is 3.94. The van der Waals surface area contributed by atoms with Gasteiger partial charge in [0.2, 0.25) is 0 Å². The first-order valence-corrected chi connectivity index (χ1v) is 3.94. The highest BCUT2D eigenvalue weighted by atomic mass is 15.3. The van der Waals surface area contributed by atoms with E-state index in [1.807, 2.05) is 0 Å². The minimum Gasteiger partial charge on any atom is -0.295 e. The van der Waals surface area contributed by atoms with E-state index in [2.05, 4.69) is 32.6 Å². The van der Waals surface area contributed by atoms with Gasteiger partial charge in [-0.05, 0) is 19.4 Å². The van der Waals surface area contributed by atoms with Crippen LogP contribution in [0.2, 0.25) is 0 Å². The van der Waals surface area contributed by atoms with E-state index in [0.29, 0.717) is 0 Å². The van der Waals surface area contributed by atoms with E-state index in [4.69, 9.17) is 0 Å². The highest BCUT2D eigenvalue weighted by molar-refractivity contribution is 4.99. The fourth-order valence-electron chi connectivity index (χ4n) is 1.87. The van der Waals surface area contributed by atoms with Gasteiger partial charge in [0.25, 0.3) is 0 Å². The van der Waals surface area contributed by atoms with Gasteiger partial charge in [0.05, 0.1) is 0 Å². The van der Waals surface area contributed by atoms with Crippen molar-refractivity contribution in [3.63, 3.8) is 0 Å². The highest BCUT2D eigenvalue weighted by Gasteiger charge is 2.43. The molecule has 0 saturated carbocycles. The summed E-state index contributed by atoms with van der Waals surface area (Å²) in [7, 11) is 0. The molecule has 9 heavy (non-hydrogen) atoms. The lowest BCUT2D eigenvalue weighted by molar-refractivity contribution is 0.457. The van der Waals surface area contributed by atoms with Gasteiger partial charge in [0, 0.05) is 12.1 Å². The van der Waals surface area contributed by atoms with E-state index in [1.165, 1.54) is 6.54 Å². The molecule has 3 atom stereocenters. The summed E-state index contributed by atoms with van der Waals surface area (Å²) in [4.78, 5) is 2.53. The van der Waals surface area contributed by atoms with Crippen LogP contribution in [-0.4, -0.2) is 23.5 Å². The molecule has 54 valence electrons. The summed E-state index contributed by atoms with van der Waals surface area (Å²) in [5, 5.41) is 0. The molecule has 1 rings (SSSR count). The topological polar surface area (TPSA) is 3.01 Å². The van der Waals surface area contributed by atoms with Crippen molar-refractivity contribution < 1.29 is 0 Å². The number of nitrogens with zero attached hydrogens (tertiary/aromatic N) is 1. The third kappa shape index (κ3) is 1.11. The van der Waals surface area contributed by atoms with Crippen LogP contribution in [0.15, 0.2) is 0 Å². The lowest BCUT2D eigenvalue weighted by atomic mass is 10.1. The molecule has 0 aliphatic carbocycles. The molecule has 1 nitrogen and oxygen atoms in total. The molecular weight excluding hydrogens is 110 g/mol. The summed E-state index contributed by atoms with van der Waals surface area (Å²) in [5.74, 6) is 0.847. The molecule has 1 unspecified atom stereocenters. The monoisotopic (exact) mass is 127 g/mol. The molecule has 1 saturated heterocycles. The second-order valence-corrected chi connectivity index (χ2v) is 3.31. The summed E-state index contributed by atoms with van der Waals surface area (Å²) in [6.07, 6.45) is 0. The predicted octanol–water partition coefficient (Wildman–Crippen LogP) is 1.74. The van der Waals surface area contributed by atoms with Crippen molar-refractivity contribution in [2.75, 3.05) is 6.54 Å². The van der Waals surface area contributed by atoms with E-state index in [1.54, 1.807) is 0 Å². The number of rotatable bonds is 2.